The van der Waals surface area contributed by atoms with Crippen molar-refractivity contribution in [3.63, 3.8) is 0 Å². The van der Waals surface area contributed by atoms with Gasteiger partial charge < -0.3 is 10.1 Å². The second-order valence-corrected chi connectivity index (χ2v) is 5.18. The van der Waals surface area contributed by atoms with Crippen molar-refractivity contribution in [3.8, 4) is 11.5 Å². The summed E-state index contributed by atoms with van der Waals surface area (Å²) >= 11 is 6.12. The molecule has 2 nitrogen and oxygen atoms in total. The van der Waals surface area contributed by atoms with Crippen LogP contribution in [0.1, 0.15) is 16.7 Å². The Labute approximate surface area is 123 Å². The van der Waals surface area contributed by atoms with Gasteiger partial charge in [0, 0.05) is 17.6 Å². The van der Waals surface area contributed by atoms with Gasteiger partial charge in [0.05, 0.1) is 0 Å². The highest BCUT2D eigenvalue weighted by Gasteiger charge is 2.06. The van der Waals surface area contributed by atoms with Crippen molar-refractivity contribution in [3.05, 3.63) is 57.9 Å². The summed E-state index contributed by atoms with van der Waals surface area (Å²) < 4.78 is 19.3. The van der Waals surface area contributed by atoms with E-state index in [9.17, 15) is 4.39 Å². The first-order valence-electron chi connectivity index (χ1n) is 6.38. The summed E-state index contributed by atoms with van der Waals surface area (Å²) in [6.07, 6.45) is 0. The zero-order valence-corrected chi connectivity index (χ0v) is 12.5. The van der Waals surface area contributed by atoms with Gasteiger partial charge >= 0.3 is 0 Å². The van der Waals surface area contributed by atoms with Crippen molar-refractivity contribution >= 4 is 11.6 Å². The first-order chi connectivity index (χ1) is 9.49. The van der Waals surface area contributed by atoms with Crippen LogP contribution in [0.25, 0.3) is 0 Å². The van der Waals surface area contributed by atoms with Crippen LogP contribution in [0.2, 0.25) is 5.02 Å². The monoisotopic (exact) mass is 293 g/mol. The van der Waals surface area contributed by atoms with E-state index in [1.54, 1.807) is 0 Å². The third kappa shape index (κ3) is 3.50. The van der Waals surface area contributed by atoms with Crippen LogP contribution in [0.4, 0.5) is 4.39 Å². The Bertz CT molecular complexity index is 605. The highest BCUT2D eigenvalue weighted by molar-refractivity contribution is 6.32. The maximum absolute atomic E-state index is 13.5. The van der Waals surface area contributed by atoms with Crippen LogP contribution in [-0.2, 0) is 6.54 Å². The van der Waals surface area contributed by atoms with Gasteiger partial charge in [-0.3, -0.25) is 0 Å². The highest BCUT2D eigenvalue weighted by Crippen LogP contribution is 2.29. The molecule has 1 N–H and O–H groups in total. The molecule has 2 rings (SSSR count). The Morgan fingerprint density at radius 3 is 2.25 bits per heavy atom. The zero-order chi connectivity index (χ0) is 14.7. The average Bonchev–Trinajstić information content (AvgIpc) is 2.35. The summed E-state index contributed by atoms with van der Waals surface area (Å²) in [5, 5.41) is 3.72. The predicted octanol–water partition coefficient (Wildman–Crippen LogP) is 4.61. The van der Waals surface area contributed by atoms with Gasteiger partial charge in [0.25, 0.3) is 0 Å². The molecule has 0 aromatic heterocycles. The molecule has 20 heavy (non-hydrogen) atoms. The van der Waals surface area contributed by atoms with Gasteiger partial charge in [-0.1, -0.05) is 11.6 Å². The van der Waals surface area contributed by atoms with E-state index in [2.05, 4.69) is 5.32 Å². The second-order valence-electron chi connectivity index (χ2n) is 4.80. The number of halogens is 2. The maximum Gasteiger partial charge on any atom is 0.130 e. The minimum absolute atomic E-state index is 0.310. The largest absolute Gasteiger partial charge is 0.457 e. The summed E-state index contributed by atoms with van der Waals surface area (Å²) in [4.78, 5) is 0. The molecule has 0 unspecified atom stereocenters. The highest BCUT2D eigenvalue weighted by atomic mass is 35.5. The van der Waals surface area contributed by atoms with Gasteiger partial charge in [0.2, 0.25) is 0 Å². The van der Waals surface area contributed by atoms with E-state index in [4.69, 9.17) is 16.3 Å². The van der Waals surface area contributed by atoms with E-state index in [1.807, 2.05) is 39.1 Å². The van der Waals surface area contributed by atoms with Crippen LogP contribution in [-0.4, -0.2) is 7.05 Å². The second kappa shape index (κ2) is 6.25. The van der Waals surface area contributed by atoms with Crippen molar-refractivity contribution in [1.29, 1.82) is 0 Å². The lowest BCUT2D eigenvalue weighted by atomic mass is 10.1. The Kier molecular flexibility index (Phi) is 4.63. The molecule has 0 aliphatic heterocycles. The molecular formula is C16H17ClFNO. The van der Waals surface area contributed by atoms with E-state index in [-0.39, 0.29) is 5.82 Å². The first-order valence-corrected chi connectivity index (χ1v) is 6.76. The number of ether oxygens (including phenoxy) is 1. The van der Waals surface area contributed by atoms with Crippen LogP contribution in [0, 0.1) is 19.7 Å². The molecule has 0 atom stereocenters. The van der Waals surface area contributed by atoms with Gasteiger partial charge in [-0.15, -0.1) is 0 Å². The molecule has 0 saturated heterocycles. The summed E-state index contributed by atoms with van der Waals surface area (Å²) in [5.41, 5.74) is 2.71. The third-order valence-corrected chi connectivity index (χ3v) is 3.55. The lowest BCUT2D eigenvalue weighted by Gasteiger charge is -2.11. The summed E-state index contributed by atoms with van der Waals surface area (Å²) in [6.45, 7) is 4.42. The molecule has 0 spiro atoms. The van der Waals surface area contributed by atoms with Crippen LogP contribution in [0.15, 0.2) is 30.3 Å². The van der Waals surface area contributed by atoms with Gasteiger partial charge in [0.1, 0.15) is 17.3 Å². The van der Waals surface area contributed by atoms with Crippen molar-refractivity contribution in [2.75, 3.05) is 7.05 Å². The Morgan fingerprint density at radius 2 is 1.65 bits per heavy atom. The lowest BCUT2D eigenvalue weighted by molar-refractivity contribution is 0.474. The van der Waals surface area contributed by atoms with Gasteiger partial charge in [-0.2, -0.15) is 0 Å². The molecule has 0 fully saturated rings. The van der Waals surface area contributed by atoms with Crippen LogP contribution in [0.3, 0.4) is 0 Å². The molecule has 0 bridgehead atoms. The first kappa shape index (κ1) is 14.8. The molecule has 0 radical (unpaired) electrons. The normalized spacial score (nSPS) is 10.7. The smallest absolute Gasteiger partial charge is 0.130 e. The molecule has 106 valence electrons. The Balaban J connectivity index is 2.30. The minimum atomic E-state index is -0.310. The van der Waals surface area contributed by atoms with Crippen molar-refractivity contribution in [1.82, 2.24) is 5.32 Å². The maximum atomic E-state index is 13.5. The van der Waals surface area contributed by atoms with Crippen molar-refractivity contribution in [2.45, 2.75) is 20.4 Å². The van der Waals surface area contributed by atoms with Crippen molar-refractivity contribution in [2.24, 2.45) is 0 Å². The van der Waals surface area contributed by atoms with Crippen molar-refractivity contribution < 1.29 is 9.13 Å². The molecule has 0 saturated carbocycles. The summed E-state index contributed by atoms with van der Waals surface area (Å²) in [7, 11) is 1.82. The van der Waals surface area contributed by atoms with E-state index >= 15 is 0 Å². The third-order valence-electron chi connectivity index (χ3n) is 2.96. The SMILES string of the molecule is CNCc1cc(F)cc(Oc2cc(C)c(Cl)c(C)c2)c1. The Hall–Kier alpha value is -1.58. The standard InChI is InChI=1S/C16H17ClFNO/c1-10-4-14(5-11(2)16(10)17)20-15-7-12(9-19-3)6-13(18)8-15/h4-8,19H,9H2,1-3H3. The fourth-order valence-electron chi connectivity index (χ4n) is 2.09. The lowest BCUT2D eigenvalue weighted by Crippen LogP contribution is -2.05. The number of hydrogen-bond acceptors (Lipinski definition) is 2. The van der Waals surface area contributed by atoms with Crippen LogP contribution < -0.4 is 10.1 Å². The summed E-state index contributed by atoms with van der Waals surface area (Å²) in [6, 6.07) is 8.37. The minimum Gasteiger partial charge on any atom is -0.457 e. The molecule has 4 heteroatoms. The molecule has 0 amide bonds. The Morgan fingerprint density at radius 1 is 1.05 bits per heavy atom. The molecule has 0 aliphatic rings. The zero-order valence-electron chi connectivity index (χ0n) is 11.8. The van der Waals surface area contributed by atoms with E-state index in [0.717, 1.165) is 21.7 Å². The number of benzene rings is 2. The van der Waals surface area contributed by atoms with Gasteiger partial charge in [0.15, 0.2) is 0 Å². The quantitative estimate of drug-likeness (QED) is 0.889. The molecular weight excluding hydrogens is 277 g/mol. The number of rotatable bonds is 4. The number of nitrogens with one attached hydrogen (secondary N) is 1. The van der Waals surface area contributed by atoms with Crippen LogP contribution >= 0.6 is 11.6 Å². The molecule has 0 aliphatic carbocycles. The molecule has 2 aromatic carbocycles. The van der Waals surface area contributed by atoms with E-state index < -0.39 is 0 Å². The average molecular weight is 294 g/mol. The fourth-order valence-corrected chi connectivity index (χ4v) is 2.20. The molecule has 0 heterocycles. The summed E-state index contributed by atoms with van der Waals surface area (Å²) in [5.74, 6) is 0.830. The number of aryl methyl sites for hydroxylation is 2. The predicted molar refractivity (Wildman–Crippen MR) is 80.2 cm³/mol. The van der Waals surface area contributed by atoms with E-state index in [1.165, 1.54) is 12.1 Å². The van der Waals surface area contributed by atoms with Gasteiger partial charge in [-0.25, -0.2) is 4.39 Å². The van der Waals surface area contributed by atoms with Crippen LogP contribution in [0.5, 0.6) is 11.5 Å². The molecule has 2 aromatic rings. The fraction of sp³-hybridized carbons (Fsp3) is 0.250. The number of hydrogen-bond donors (Lipinski definition) is 1. The van der Waals surface area contributed by atoms with Gasteiger partial charge in [-0.05, 0) is 61.9 Å². The van der Waals surface area contributed by atoms with E-state index in [0.29, 0.717) is 18.0 Å². The topological polar surface area (TPSA) is 21.3 Å².